The van der Waals surface area contributed by atoms with Crippen molar-refractivity contribution in [2.75, 3.05) is 6.26 Å². The van der Waals surface area contributed by atoms with Crippen molar-refractivity contribution < 1.29 is 8.42 Å². The third-order valence-electron chi connectivity index (χ3n) is 2.76. The number of hydrogen-bond acceptors (Lipinski definition) is 3. The Labute approximate surface area is 93.0 Å². The van der Waals surface area contributed by atoms with Crippen molar-refractivity contribution in [1.82, 2.24) is 4.98 Å². The van der Waals surface area contributed by atoms with E-state index in [4.69, 9.17) is 0 Å². The lowest BCUT2D eigenvalue weighted by Gasteiger charge is -2.09. The number of benzene rings is 2. The molecule has 2 heterocycles. The molecule has 80 valence electrons. The van der Waals surface area contributed by atoms with E-state index < -0.39 is 9.84 Å². The van der Waals surface area contributed by atoms with E-state index in [-0.39, 0.29) is 0 Å². The minimum absolute atomic E-state index is 0.360. The zero-order valence-electron chi connectivity index (χ0n) is 8.64. The van der Waals surface area contributed by atoms with E-state index >= 15 is 0 Å². The van der Waals surface area contributed by atoms with Crippen LogP contribution < -0.4 is 0 Å². The highest BCUT2D eigenvalue weighted by Gasteiger charge is 2.15. The first kappa shape index (κ1) is 9.54. The number of sulfone groups is 1. The number of pyridine rings is 2. The third kappa shape index (κ3) is 1.20. The van der Waals surface area contributed by atoms with Gasteiger partial charge in [-0.15, -0.1) is 0 Å². The average Bonchev–Trinajstić information content (AvgIpc) is 2.29. The Kier molecular flexibility index (Phi) is 1.74. The molecular formula is C12H9NO2S. The Morgan fingerprint density at radius 3 is 2.56 bits per heavy atom. The molecule has 4 aromatic rings. The fourth-order valence-electron chi connectivity index (χ4n) is 2.05. The van der Waals surface area contributed by atoms with Crippen LogP contribution in [0.1, 0.15) is 0 Å². The molecule has 0 aliphatic carbocycles. The molecule has 0 saturated heterocycles. The third-order valence-corrected chi connectivity index (χ3v) is 3.90. The molecule has 0 aliphatic heterocycles. The second kappa shape index (κ2) is 2.92. The van der Waals surface area contributed by atoms with Crippen molar-refractivity contribution in [3.05, 3.63) is 36.5 Å². The lowest BCUT2D eigenvalue weighted by molar-refractivity contribution is 0.603. The minimum Gasteiger partial charge on any atom is -0.256 e. The lowest BCUT2D eigenvalue weighted by Crippen LogP contribution is -1.99. The molecule has 2 aromatic heterocycles. The first-order valence-electron chi connectivity index (χ1n) is 4.87. The van der Waals surface area contributed by atoms with Gasteiger partial charge < -0.3 is 0 Å². The Bertz CT molecular complexity index is 757. The summed E-state index contributed by atoms with van der Waals surface area (Å²) in [6.07, 6.45) is 2.99. The van der Waals surface area contributed by atoms with Crippen LogP contribution in [0.2, 0.25) is 0 Å². The second-order valence-corrected chi connectivity index (χ2v) is 5.87. The highest BCUT2D eigenvalue weighted by Crippen LogP contribution is 2.30. The van der Waals surface area contributed by atoms with Crippen molar-refractivity contribution in [2.45, 2.75) is 4.90 Å². The maximum atomic E-state index is 11.7. The Morgan fingerprint density at radius 2 is 1.94 bits per heavy atom. The predicted molar refractivity (Wildman–Crippen MR) is 63.5 cm³/mol. The van der Waals surface area contributed by atoms with Gasteiger partial charge in [0.25, 0.3) is 0 Å². The van der Waals surface area contributed by atoms with Crippen LogP contribution in [0, 0.1) is 0 Å². The van der Waals surface area contributed by atoms with Crippen molar-refractivity contribution in [3.63, 3.8) is 0 Å². The Hall–Kier alpha value is -1.68. The summed E-state index contributed by atoms with van der Waals surface area (Å²) in [6, 6.07) is 9.13. The van der Waals surface area contributed by atoms with E-state index in [0.717, 1.165) is 21.7 Å². The summed E-state index contributed by atoms with van der Waals surface area (Å²) in [4.78, 5) is 4.58. The highest BCUT2D eigenvalue weighted by atomic mass is 32.2. The molecule has 0 unspecified atom stereocenters. The van der Waals surface area contributed by atoms with Crippen molar-refractivity contribution in [1.29, 1.82) is 0 Å². The molecule has 4 rings (SSSR count). The van der Waals surface area contributed by atoms with Crippen LogP contribution in [0.5, 0.6) is 0 Å². The maximum absolute atomic E-state index is 11.7. The average molecular weight is 231 g/mol. The summed E-state index contributed by atoms with van der Waals surface area (Å²) in [6.45, 7) is 0. The Balaban J connectivity index is 2.64. The molecule has 16 heavy (non-hydrogen) atoms. The van der Waals surface area contributed by atoms with E-state index in [1.165, 1.54) is 6.26 Å². The van der Waals surface area contributed by atoms with E-state index in [2.05, 4.69) is 4.98 Å². The van der Waals surface area contributed by atoms with Gasteiger partial charge in [-0.2, -0.15) is 0 Å². The molecule has 2 bridgehead atoms. The fraction of sp³-hybridized carbons (Fsp3) is 0.0833. The second-order valence-electron chi connectivity index (χ2n) is 3.88. The van der Waals surface area contributed by atoms with Gasteiger partial charge in [0.1, 0.15) is 0 Å². The number of fused-ring (bicyclic) bond motifs is 2. The van der Waals surface area contributed by atoms with Crippen LogP contribution in [0.3, 0.4) is 0 Å². The quantitative estimate of drug-likeness (QED) is 0.645. The number of nitrogens with zero attached hydrogens (tertiary/aromatic N) is 1. The number of aromatic nitrogens is 1. The SMILES string of the molecule is CS(=O)(=O)c1cccc2c3ccc(nc3)c12. The van der Waals surface area contributed by atoms with E-state index in [9.17, 15) is 8.42 Å². The van der Waals surface area contributed by atoms with Gasteiger partial charge in [0.05, 0.1) is 10.4 Å². The van der Waals surface area contributed by atoms with Crippen LogP contribution in [0.25, 0.3) is 21.7 Å². The zero-order chi connectivity index (χ0) is 11.3. The number of hydrogen-bond donors (Lipinski definition) is 0. The van der Waals surface area contributed by atoms with Crippen LogP contribution in [-0.2, 0) is 9.84 Å². The highest BCUT2D eigenvalue weighted by molar-refractivity contribution is 7.91. The van der Waals surface area contributed by atoms with Gasteiger partial charge in [-0.05, 0) is 17.5 Å². The van der Waals surface area contributed by atoms with E-state index in [1.807, 2.05) is 18.2 Å². The van der Waals surface area contributed by atoms with Gasteiger partial charge >= 0.3 is 0 Å². The fourth-order valence-corrected chi connectivity index (χ4v) is 2.96. The van der Waals surface area contributed by atoms with Crippen LogP contribution in [0.15, 0.2) is 41.4 Å². The molecular weight excluding hydrogens is 222 g/mol. The first-order chi connectivity index (χ1) is 7.57. The molecule has 3 nitrogen and oxygen atoms in total. The summed E-state index contributed by atoms with van der Waals surface area (Å²) in [5.74, 6) is 0. The lowest BCUT2D eigenvalue weighted by atomic mass is 10.1. The monoisotopic (exact) mass is 231 g/mol. The molecule has 0 N–H and O–H groups in total. The molecule has 0 fully saturated rings. The normalized spacial score (nSPS) is 12.6. The molecule has 4 heteroatoms. The van der Waals surface area contributed by atoms with Crippen LogP contribution in [-0.4, -0.2) is 19.7 Å². The van der Waals surface area contributed by atoms with Crippen molar-refractivity contribution in [2.24, 2.45) is 0 Å². The summed E-state index contributed by atoms with van der Waals surface area (Å²) < 4.78 is 23.4. The summed E-state index contributed by atoms with van der Waals surface area (Å²) in [5, 5.41) is 2.66. The molecule has 2 aromatic carbocycles. The molecule has 0 aliphatic rings. The summed E-state index contributed by atoms with van der Waals surface area (Å²) in [7, 11) is -3.21. The molecule has 0 amide bonds. The van der Waals surface area contributed by atoms with Gasteiger partial charge in [0, 0.05) is 23.2 Å². The van der Waals surface area contributed by atoms with Gasteiger partial charge in [-0.25, -0.2) is 8.42 Å². The Morgan fingerprint density at radius 1 is 1.12 bits per heavy atom. The van der Waals surface area contributed by atoms with Crippen LogP contribution in [0.4, 0.5) is 0 Å². The largest absolute Gasteiger partial charge is 0.256 e. The molecule has 0 saturated carbocycles. The van der Waals surface area contributed by atoms with Crippen molar-refractivity contribution >= 4 is 31.5 Å². The zero-order valence-corrected chi connectivity index (χ0v) is 9.45. The van der Waals surface area contributed by atoms with Gasteiger partial charge in [0.15, 0.2) is 9.84 Å². The topological polar surface area (TPSA) is 47.0 Å². The van der Waals surface area contributed by atoms with Gasteiger partial charge in [-0.3, -0.25) is 4.98 Å². The van der Waals surface area contributed by atoms with E-state index in [1.54, 1.807) is 18.3 Å². The minimum atomic E-state index is -3.21. The maximum Gasteiger partial charge on any atom is 0.176 e. The number of rotatable bonds is 1. The van der Waals surface area contributed by atoms with Gasteiger partial charge in [-0.1, -0.05) is 18.2 Å². The molecule has 0 spiro atoms. The van der Waals surface area contributed by atoms with Crippen LogP contribution >= 0.6 is 0 Å². The standard InChI is InChI=1S/C12H9NO2S/c1-16(14,15)11-4-2-3-9-8-5-6-10(12(9)11)13-7-8/h2-7H,1H3. The van der Waals surface area contributed by atoms with Crippen molar-refractivity contribution in [3.8, 4) is 0 Å². The molecule has 0 radical (unpaired) electrons. The first-order valence-corrected chi connectivity index (χ1v) is 6.76. The molecule has 0 atom stereocenters. The predicted octanol–water partition coefficient (Wildman–Crippen LogP) is 2.23. The summed E-state index contributed by atoms with van der Waals surface area (Å²) in [5.41, 5.74) is 0.728. The van der Waals surface area contributed by atoms with E-state index in [0.29, 0.717) is 4.90 Å². The smallest absolute Gasteiger partial charge is 0.176 e. The summed E-state index contributed by atoms with van der Waals surface area (Å²) >= 11 is 0. The van der Waals surface area contributed by atoms with Gasteiger partial charge in [0.2, 0.25) is 0 Å².